The van der Waals surface area contributed by atoms with Crippen molar-refractivity contribution in [3.8, 4) is 0 Å². The van der Waals surface area contributed by atoms with Gasteiger partial charge in [-0.1, -0.05) is 5.16 Å². The molecule has 5 nitrogen and oxygen atoms in total. The van der Waals surface area contributed by atoms with Gasteiger partial charge in [0.2, 0.25) is 11.7 Å². The van der Waals surface area contributed by atoms with Gasteiger partial charge in [-0.25, -0.2) is 0 Å². The Morgan fingerprint density at radius 3 is 2.69 bits per heavy atom. The second-order valence-corrected chi connectivity index (χ2v) is 3.93. The summed E-state index contributed by atoms with van der Waals surface area (Å²) in [4.78, 5) is 5.77. The number of alkyl halides is 2. The molecule has 0 radical (unpaired) electrons. The highest BCUT2D eigenvalue weighted by Crippen LogP contribution is 2.23. The molecule has 1 aromatic rings. The van der Waals surface area contributed by atoms with Crippen LogP contribution in [0.25, 0.3) is 0 Å². The van der Waals surface area contributed by atoms with E-state index in [9.17, 15) is 8.78 Å². The second kappa shape index (κ2) is 4.42. The molecule has 1 N–H and O–H groups in total. The Morgan fingerprint density at radius 1 is 1.44 bits per heavy atom. The fourth-order valence-corrected chi connectivity index (χ4v) is 1.56. The Morgan fingerprint density at radius 2 is 2.12 bits per heavy atom. The molecule has 0 aromatic carbocycles. The Hall–Kier alpha value is -1.08. The van der Waals surface area contributed by atoms with E-state index >= 15 is 0 Å². The Balaban J connectivity index is 1.97. The van der Waals surface area contributed by atoms with Crippen LogP contribution in [0.5, 0.6) is 0 Å². The van der Waals surface area contributed by atoms with E-state index in [1.807, 2.05) is 0 Å². The Labute approximate surface area is 91.8 Å². The van der Waals surface area contributed by atoms with Crippen molar-refractivity contribution in [2.24, 2.45) is 0 Å². The normalized spacial score (nSPS) is 18.9. The van der Waals surface area contributed by atoms with E-state index in [0.29, 0.717) is 6.54 Å². The number of piperazine rings is 1. The number of hydrogen-bond acceptors (Lipinski definition) is 5. The van der Waals surface area contributed by atoms with Gasteiger partial charge in [-0.05, 0) is 0 Å². The van der Waals surface area contributed by atoms with Crippen molar-refractivity contribution in [3.63, 3.8) is 0 Å². The van der Waals surface area contributed by atoms with Gasteiger partial charge in [0.05, 0.1) is 6.54 Å². The maximum atomic E-state index is 12.8. The van der Waals surface area contributed by atoms with E-state index in [2.05, 4.69) is 20.4 Å². The van der Waals surface area contributed by atoms with Gasteiger partial charge in [0.15, 0.2) is 0 Å². The highest BCUT2D eigenvalue weighted by molar-refractivity contribution is 4.93. The predicted molar refractivity (Wildman–Crippen MR) is 52.0 cm³/mol. The third-order valence-corrected chi connectivity index (χ3v) is 2.43. The summed E-state index contributed by atoms with van der Waals surface area (Å²) < 4.78 is 30.5. The van der Waals surface area contributed by atoms with Gasteiger partial charge in [0.25, 0.3) is 0 Å². The maximum absolute atomic E-state index is 12.8. The van der Waals surface area contributed by atoms with Crippen molar-refractivity contribution in [1.29, 1.82) is 0 Å². The molecule has 2 heterocycles. The number of nitrogens with one attached hydrogen (secondary N) is 1. The summed E-state index contributed by atoms with van der Waals surface area (Å²) in [6.07, 6.45) is 0. The van der Waals surface area contributed by atoms with Gasteiger partial charge < -0.3 is 9.84 Å². The highest BCUT2D eigenvalue weighted by Gasteiger charge is 2.31. The van der Waals surface area contributed by atoms with Gasteiger partial charge in [0, 0.05) is 33.1 Å². The Bertz CT molecular complexity index is 344. The Kier molecular flexibility index (Phi) is 3.15. The molecule has 7 heteroatoms. The molecule has 16 heavy (non-hydrogen) atoms. The van der Waals surface area contributed by atoms with Crippen molar-refractivity contribution >= 4 is 0 Å². The lowest BCUT2D eigenvalue weighted by atomic mass is 10.3. The van der Waals surface area contributed by atoms with Gasteiger partial charge >= 0.3 is 5.92 Å². The van der Waals surface area contributed by atoms with Gasteiger partial charge in [-0.3, -0.25) is 4.90 Å². The van der Waals surface area contributed by atoms with Crippen LogP contribution in [0.15, 0.2) is 4.52 Å². The smallest absolute Gasteiger partial charge is 0.307 e. The monoisotopic (exact) mass is 232 g/mol. The summed E-state index contributed by atoms with van der Waals surface area (Å²) in [5.41, 5.74) is 0. The molecule has 0 bridgehead atoms. The van der Waals surface area contributed by atoms with E-state index in [1.165, 1.54) is 0 Å². The zero-order chi connectivity index (χ0) is 11.6. The first-order chi connectivity index (χ1) is 7.55. The first-order valence-corrected chi connectivity index (χ1v) is 5.19. The predicted octanol–water partition coefficient (Wildman–Crippen LogP) is 0.586. The average molecular weight is 232 g/mol. The molecule has 0 saturated carbocycles. The summed E-state index contributed by atoms with van der Waals surface area (Å²) in [5, 5.41) is 6.48. The minimum Gasteiger partial charge on any atom is -0.338 e. The molecular weight excluding hydrogens is 218 g/mol. The summed E-state index contributed by atoms with van der Waals surface area (Å²) in [7, 11) is 0. The first-order valence-electron chi connectivity index (χ1n) is 5.19. The van der Waals surface area contributed by atoms with Gasteiger partial charge in [-0.15, -0.1) is 0 Å². The lowest BCUT2D eigenvalue weighted by molar-refractivity contribution is 0.00559. The van der Waals surface area contributed by atoms with Crippen molar-refractivity contribution in [3.05, 3.63) is 11.7 Å². The average Bonchev–Trinajstić information content (AvgIpc) is 2.67. The topological polar surface area (TPSA) is 54.2 Å². The van der Waals surface area contributed by atoms with E-state index in [1.54, 1.807) is 0 Å². The molecule has 1 saturated heterocycles. The van der Waals surface area contributed by atoms with Crippen LogP contribution >= 0.6 is 0 Å². The molecule has 1 aliphatic rings. The molecule has 0 spiro atoms. The van der Waals surface area contributed by atoms with Gasteiger partial charge in [-0.2, -0.15) is 13.8 Å². The molecule has 2 rings (SSSR count). The molecule has 1 aliphatic heterocycles. The summed E-state index contributed by atoms with van der Waals surface area (Å²) in [6, 6.07) is 0. The number of hydrogen-bond donors (Lipinski definition) is 1. The van der Waals surface area contributed by atoms with Crippen LogP contribution in [0, 0.1) is 0 Å². The van der Waals surface area contributed by atoms with E-state index in [4.69, 9.17) is 4.52 Å². The van der Waals surface area contributed by atoms with Crippen LogP contribution in [0.3, 0.4) is 0 Å². The van der Waals surface area contributed by atoms with Crippen LogP contribution in [0.4, 0.5) is 8.78 Å². The fourth-order valence-electron chi connectivity index (χ4n) is 1.56. The van der Waals surface area contributed by atoms with E-state index in [0.717, 1.165) is 33.1 Å². The molecule has 0 amide bonds. The molecule has 1 fully saturated rings. The number of aromatic nitrogens is 2. The van der Waals surface area contributed by atoms with Gasteiger partial charge in [0.1, 0.15) is 0 Å². The number of halogens is 2. The molecule has 0 aliphatic carbocycles. The van der Waals surface area contributed by atoms with E-state index in [-0.39, 0.29) is 5.89 Å². The van der Waals surface area contributed by atoms with Crippen LogP contribution < -0.4 is 5.32 Å². The molecular formula is C9H14F2N4O. The summed E-state index contributed by atoms with van der Waals surface area (Å²) in [6.45, 7) is 4.70. The SMILES string of the molecule is CC(F)(F)c1noc(CN2CCNCC2)n1. The van der Waals surface area contributed by atoms with Crippen LogP contribution in [-0.2, 0) is 12.5 Å². The van der Waals surface area contributed by atoms with Crippen molar-refractivity contribution in [1.82, 2.24) is 20.4 Å². The second-order valence-electron chi connectivity index (χ2n) is 3.93. The third kappa shape index (κ3) is 2.73. The van der Waals surface area contributed by atoms with Crippen molar-refractivity contribution in [2.75, 3.05) is 26.2 Å². The standard InChI is InChI=1S/C9H14F2N4O/c1-9(10,11)8-13-7(16-14-8)6-15-4-2-12-3-5-15/h12H,2-6H2,1H3. The van der Waals surface area contributed by atoms with Crippen LogP contribution in [0.1, 0.15) is 18.6 Å². The van der Waals surface area contributed by atoms with Crippen LogP contribution in [0.2, 0.25) is 0 Å². The first kappa shape index (κ1) is 11.4. The lowest BCUT2D eigenvalue weighted by Gasteiger charge is -2.25. The minimum absolute atomic E-state index is 0.249. The van der Waals surface area contributed by atoms with Crippen LogP contribution in [-0.4, -0.2) is 41.2 Å². The molecule has 0 unspecified atom stereocenters. The van der Waals surface area contributed by atoms with Crippen molar-refractivity contribution in [2.45, 2.75) is 19.4 Å². The number of nitrogens with zero attached hydrogens (tertiary/aromatic N) is 3. The zero-order valence-corrected chi connectivity index (χ0v) is 9.04. The zero-order valence-electron chi connectivity index (χ0n) is 9.04. The fraction of sp³-hybridized carbons (Fsp3) is 0.778. The minimum atomic E-state index is -3.04. The van der Waals surface area contributed by atoms with Crippen molar-refractivity contribution < 1.29 is 13.3 Å². The number of rotatable bonds is 3. The summed E-state index contributed by atoms with van der Waals surface area (Å²) in [5.74, 6) is -3.33. The lowest BCUT2D eigenvalue weighted by Crippen LogP contribution is -2.42. The molecule has 90 valence electrons. The molecule has 1 aromatic heterocycles. The largest absolute Gasteiger partial charge is 0.338 e. The third-order valence-electron chi connectivity index (χ3n) is 2.43. The molecule has 0 atom stereocenters. The highest BCUT2D eigenvalue weighted by atomic mass is 19.3. The van der Waals surface area contributed by atoms with E-state index < -0.39 is 11.7 Å². The quantitative estimate of drug-likeness (QED) is 0.826. The maximum Gasteiger partial charge on any atom is 0.307 e. The summed E-state index contributed by atoms with van der Waals surface area (Å²) >= 11 is 0.